The molecule has 0 saturated carbocycles. The van der Waals surface area contributed by atoms with Crippen LogP contribution in [0.1, 0.15) is 32.8 Å². The largest absolute Gasteiger partial charge is 0.373 e. The number of carbonyl (C=O) groups excluding carboxylic acids is 2. The van der Waals surface area contributed by atoms with Crippen LogP contribution >= 0.6 is 0 Å². The van der Waals surface area contributed by atoms with Crippen molar-refractivity contribution in [2.24, 2.45) is 11.7 Å². The molecule has 0 spiro atoms. The number of hydrogen-bond donors (Lipinski definition) is 3. The van der Waals surface area contributed by atoms with Gasteiger partial charge in [-0.2, -0.15) is 0 Å². The topological polar surface area (TPSA) is 96.7 Å². The fourth-order valence-electron chi connectivity index (χ4n) is 3.26. The van der Waals surface area contributed by atoms with Gasteiger partial charge in [-0.3, -0.25) is 14.5 Å². The highest BCUT2D eigenvalue weighted by Crippen LogP contribution is 2.14. The van der Waals surface area contributed by atoms with Crippen molar-refractivity contribution in [3.05, 3.63) is 35.9 Å². The molecule has 0 radical (unpaired) electrons. The van der Waals surface area contributed by atoms with Gasteiger partial charge in [0.15, 0.2) is 0 Å². The molecule has 1 aliphatic heterocycles. The molecule has 2 unspecified atom stereocenters. The summed E-state index contributed by atoms with van der Waals surface area (Å²) >= 11 is 0. The molecule has 2 rings (SSSR count). The fraction of sp³-hybridized carbons (Fsp3) is 0.619. The number of carbonyl (C=O) groups is 2. The van der Waals surface area contributed by atoms with Crippen molar-refractivity contribution in [1.82, 2.24) is 15.5 Å². The molecule has 1 aliphatic rings. The van der Waals surface area contributed by atoms with Crippen LogP contribution in [0, 0.1) is 5.92 Å². The fourth-order valence-corrected chi connectivity index (χ4v) is 3.26. The first-order valence-electron chi connectivity index (χ1n) is 10.1. The maximum absolute atomic E-state index is 12.3. The standard InChI is InChI=1S/C21H34N4O3/c1-4-17(24-19(26)12-23-21(27)20(22)15(2)3)18-14-25(10-11-28-18)13-16-8-6-5-7-9-16/h5-9,15,17-18,20H,4,10-14,22H2,1-3H3,(H,23,27)(H,24,26)/t17?,18?,20-/m0/s1. The van der Waals surface area contributed by atoms with Gasteiger partial charge in [0.25, 0.3) is 0 Å². The Kier molecular flexibility index (Phi) is 8.89. The molecule has 1 saturated heterocycles. The van der Waals surface area contributed by atoms with Gasteiger partial charge < -0.3 is 21.1 Å². The molecule has 28 heavy (non-hydrogen) atoms. The third-order valence-electron chi connectivity index (χ3n) is 5.11. The molecule has 0 aromatic heterocycles. The van der Waals surface area contributed by atoms with Crippen LogP contribution in [0.3, 0.4) is 0 Å². The SMILES string of the molecule is CCC(NC(=O)CNC(=O)[C@@H](N)C(C)C)C1CN(Cc2ccccc2)CCO1. The number of amides is 2. The summed E-state index contributed by atoms with van der Waals surface area (Å²) in [7, 11) is 0. The third-order valence-corrected chi connectivity index (χ3v) is 5.11. The number of ether oxygens (including phenoxy) is 1. The molecule has 0 aliphatic carbocycles. The number of rotatable bonds is 9. The predicted octanol–water partition coefficient (Wildman–Crippen LogP) is 0.882. The molecule has 3 atom stereocenters. The highest BCUT2D eigenvalue weighted by Gasteiger charge is 2.28. The van der Waals surface area contributed by atoms with E-state index < -0.39 is 6.04 Å². The van der Waals surface area contributed by atoms with E-state index in [-0.39, 0.29) is 36.4 Å². The van der Waals surface area contributed by atoms with Crippen molar-refractivity contribution in [1.29, 1.82) is 0 Å². The van der Waals surface area contributed by atoms with Crippen LogP contribution in [0.4, 0.5) is 0 Å². The minimum Gasteiger partial charge on any atom is -0.373 e. The van der Waals surface area contributed by atoms with Gasteiger partial charge >= 0.3 is 0 Å². The molecule has 2 amide bonds. The summed E-state index contributed by atoms with van der Waals surface area (Å²) in [4.78, 5) is 26.6. The van der Waals surface area contributed by atoms with Crippen molar-refractivity contribution in [2.75, 3.05) is 26.2 Å². The monoisotopic (exact) mass is 390 g/mol. The van der Waals surface area contributed by atoms with Crippen molar-refractivity contribution >= 4 is 11.8 Å². The average Bonchev–Trinajstić information content (AvgIpc) is 2.70. The number of hydrogen-bond acceptors (Lipinski definition) is 5. The van der Waals surface area contributed by atoms with E-state index in [9.17, 15) is 9.59 Å². The maximum Gasteiger partial charge on any atom is 0.239 e. The zero-order chi connectivity index (χ0) is 20.5. The van der Waals surface area contributed by atoms with Crippen molar-refractivity contribution < 1.29 is 14.3 Å². The van der Waals surface area contributed by atoms with E-state index in [1.54, 1.807) is 0 Å². The minimum absolute atomic E-state index is 0.0256. The van der Waals surface area contributed by atoms with E-state index >= 15 is 0 Å². The Morgan fingerprint density at radius 1 is 1.29 bits per heavy atom. The lowest BCUT2D eigenvalue weighted by Crippen LogP contribution is -2.55. The normalized spacial score (nSPS) is 19.8. The highest BCUT2D eigenvalue weighted by atomic mass is 16.5. The Balaban J connectivity index is 1.82. The van der Waals surface area contributed by atoms with Gasteiger partial charge in [0.1, 0.15) is 0 Å². The Labute approximate surface area is 168 Å². The number of nitrogens with one attached hydrogen (secondary N) is 2. The third kappa shape index (κ3) is 6.89. The van der Waals surface area contributed by atoms with Gasteiger partial charge in [-0.1, -0.05) is 51.1 Å². The van der Waals surface area contributed by atoms with Gasteiger partial charge in [0.2, 0.25) is 11.8 Å². The Hall–Kier alpha value is -1.96. The first-order valence-corrected chi connectivity index (χ1v) is 10.1. The summed E-state index contributed by atoms with van der Waals surface area (Å²) in [5.41, 5.74) is 7.07. The quantitative estimate of drug-likeness (QED) is 0.582. The summed E-state index contributed by atoms with van der Waals surface area (Å²) < 4.78 is 5.93. The van der Waals surface area contributed by atoms with Gasteiger partial charge in [0, 0.05) is 19.6 Å². The van der Waals surface area contributed by atoms with E-state index in [0.29, 0.717) is 6.61 Å². The van der Waals surface area contributed by atoms with Crippen LogP contribution in [0.15, 0.2) is 30.3 Å². The van der Waals surface area contributed by atoms with E-state index in [4.69, 9.17) is 10.5 Å². The summed E-state index contributed by atoms with van der Waals surface area (Å²) in [6, 6.07) is 9.64. The first kappa shape index (κ1) is 22.3. The Morgan fingerprint density at radius 2 is 2.00 bits per heavy atom. The summed E-state index contributed by atoms with van der Waals surface area (Å²) in [5.74, 6) is -0.501. The molecule has 7 heteroatoms. The van der Waals surface area contributed by atoms with E-state index in [0.717, 1.165) is 26.1 Å². The van der Waals surface area contributed by atoms with E-state index in [2.05, 4.69) is 27.7 Å². The maximum atomic E-state index is 12.3. The lowest BCUT2D eigenvalue weighted by Gasteiger charge is -2.37. The minimum atomic E-state index is -0.608. The molecule has 156 valence electrons. The van der Waals surface area contributed by atoms with Crippen LogP contribution in [-0.2, 0) is 20.9 Å². The van der Waals surface area contributed by atoms with E-state index in [1.807, 2.05) is 39.0 Å². The van der Waals surface area contributed by atoms with Crippen LogP contribution in [-0.4, -0.2) is 61.1 Å². The van der Waals surface area contributed by atoms with Crippen molar-refractivity contribution in [2.45, 2.75) is 51.9 Å². The lowest BCUT2D eigenvalue weighted by atomic mass is 10.0. The zero-order valence-electron chi connectivity index (χ0n) is 17.2. The van der Waals surface area contributed by atoms with E-state index in [1.165, 1.54) is 5.56 Å². The van der Waals surface area contributed by atoms with Crippen LogP contribution in [0.2, 0.25) is 0 Å². The molecule has 1 aromatic rings. The second kappa shape index (κ2) is 11.1. The second-order valence-electron chi connectivity index (χ2n) is 7.70. The number of nitrogens with zero attached hydrogens (tertiary/aromatic N) is 1. The number of nitrogens with two attached hydrogens (primary N) is 1. The molecule has 1 heterocycles. The van der Waals surface area contributed by atoms with Gasteiger partial charge in [-0.25, -0.2) is 0 Å². The highest BCUT2D eigenvalue weighted by molar-refractivity contribution is 5.87. The molecule has 4 N–H and O–H groups in total. The molecule has 0 bridgehead atoms. The zero-order valence-corrected chi connectivity index (χ0v) is 17.2. The van der Waals surface area contributed by atoms with Gasteiger partial charge in [-0.15, -0.1) is 0 Å². The predicted molar refractivity (Wildman–Crippen MR) is 110 cm³/mol. The van der Waals surface area contributed by atoms with Gasteiger partial charge in [-0.05, 0) is 17.9 Å². The Bertz CT molecular complexity index is 623. The molecule has 1 fully saturated rings. The molecular weight excluding hydrogens is 356 g/mol. The molecule has 1 aromatic carbocycles. The summed E-state index contributed by atoms with van der Waals surface area (Å²) in [5, 5.41) is 5.61. The second-order valence-corrected chi connectivity index (χ2v) is 7.70. The summed E-state index contributed by atoms with van der Waals surface area (Å²) in [6.45, 7) is 8.85. The first-order chi connectivity index (χ1) is 13.4. The average molecular weight is 391 g/mol. The summed E-state index contributed by atoms with van der Waals surface area (Å²) in [6.07, 6.45) is 0.690. The lowest BCUT2D eigenvalue weighted by molar-refractivity contribution is -0.128. The van der Waals surface area contributed by atoms with Crippen molar-refractivity contribution in [3.63, 3.8) is 0 Å². The number of benzene rings is 1. The molecular formula is C21H34N4O3. The molecule has 7 nitrogen and oxygen atoms in total. The van der Waals surface area contributed by atoms with Crippen molar-refractivity contribution in [3.8, 4) is 0 Å². The number of morpholine rings is 1. The van der Waals surface area contributed by atoms with Crippen LogP contribution < -0.4 is 16.4 Å². The Morgan fingerprint density at radius 3 is 2.64 bits per heavy atom. The smallest absolute Gasteiger partial charge is 0.239 e. The van der Waals surface area contributed by atoms with Gasteiger partial charge in [0.05, 0.1) is 31.3 Å². The van der Waals surface area contributed by atoms with Crippen LogP contribution in [0.25, 0.3) is 0 Å². The van der Waals surface area contributed by atoms with Crippen LogP contribution in [0.5, 0.6) is 0 Å².